The molecule has 1 aliphatic carbocycles. The fraction of sp³-hybridized carbons (Fsp3) is 0.500. The van der Waals surface area contributed by atoms with E-state index in [1.165, 1.54) is 39.2 Å². The number of carbonyl (C=O) groups is 1. The number of nitrogens with zero attached hydrogens (tertiary/aromatic N) is 1. The second-order valence-corrected chi connectivity index (χ2v) is 5.76. The number of anilines is 1. The van der Waals surface area contributed by atoms with Crippen LogP contribution in [0.3, 0.4) is 0 Å². The average Bonchev–Trinajstić information content (AvgIpc) is 2.54. The molecule has 4 nitrogen and oxygen atoms in total. The number of ether oxygens (including phenoxy) is 1. The van der Waals surface area contributed by atoms with Crippen molar-refractivity contribution < 1.29 is 9.53 Å². The maximum Gasteiger partial charge on any atom is 0.339 e. The van der Waals surface area contributed by atoms with E-state index in [0.29, 0.717) is 22.4 Å². The molecule has 5 heteroatoms. The molecule has 0 heterocycles. The molecule has 0 atom stereocenters. The summed E-state index contributed by atoms with van der Waals surface area (Å²) in [5, 5.41) is 3.83. The molecule has 0 radical (unpaired) electrons. The van der Waals surface area contributed by atoms with Crippen LogP contribution in [0.4, 0.5) is 5.69 Å². The fourth-order valence-corrected chi connectivity index (χ4v) is 2.98. The van der Waals surface area contributed by atoms with Crippen LogP contribution in [-0.2, 0) is 4.74 Å². The third kappa shape index (κ3) is 3.94. The first kappa shape index (κ1) is 15.8. The molecule has 1 saturated carbocycles. The maximum atomic E-state index is 11.8. The van der Waals surface area contributed by atoms with E-state index in [1.807, 2.05) is 25.2 Å². The lowest BCUT2D eigenvalue weighted by Crippen LogP contribution is -2.40. The summed E-state index contributed by atoms with van der Waals surface area (Å²) in [6.07, 6.45) is 6.19. The largest absolute Gasteiger partial charge is 0.465 e. The summed E-state index contributed by atoms with van der Waals surface area (Å²) >= 11 is 5.48. The van der Waals surface area contributed by atoms with Crippen LogP contribution in [0.25, 0.3) is 0 Å². The highest BCUT2D eigenvalue weighted by atomic mass is 32.1. The van der Waals surface area contributed by atoms with Gasteiger partial charge in [-0.3, -0.25) is 0 Å². The lowest BCUT2D eigenvalue weighted by atomic mass is 9.95. The molecule has 0 aromatic heterocycles. The number of nitrogens with one attached hydrogen (secondary N) is 1. The van der Waals surface area contributed by atoms with Gasteiger partial charge in [-0.15, -0.1) is 0 Å². The summed E-state index contributed by atoms with van der Waals surface area (Å²) in [5.74, 6) is -0.360. The van der Waals surface area contributed by atoms with Gasteiger partial charge in [-0.05, 0) is 37.2 Å². The monoisotopic (exact) mass is 306 g/mol. The van der Waals surface area contributed by atoms with Crippen molar-refractivity contribution in [2.45, 2.75) is 38.1 Å². The zero-order chi connectivity index (χ0) is 15.2. The van der Waals surface area contributed by atoms with Crippen LogP contribution >= 0.6 is 12.2 Å². The second-order valence-electron chi connectivity index (χ2n) is 5.37. The molecule has 1 aromatic carbocycles. The highest BCUT2D eigenvalue weighted by Crippen LogP contribution is 2.23. The van der Waals surface area contributed by atoms with Crippen molar-refractivity contribution in [3.05, 3.63) is 29.8 Å². The third-order valence-electron chi connectivity index (χ3n) is 4.02. The summed E-state index contributed by atoms with van der Waals surface area (Å²) < 4.78 is 4.80. The molecular formula is C16H22N2O2S. The van der Waals surface area contributed by atoms with Crippen molar-refractivity contribution in [3.63, 3.8) is 0 Å². The molecule has 0 aliphatic heterocycles. The predicted octanol–water partition coefficient (Wildman–Crippen LogP) is 3.43. The highest BCUT2D eigenvalue weighted by molar-refractivity contribution is 7.80. The molecule has 0 amide bonds. The van der Waals surface area contributed by atoms with Gasteiger partial charge in [0.25, 0.3) is 0 Å². The smallest absolute Gasteiger partial charge is 0.339 e. The van der Waals surface area contributed by atoms with E-state index in [2.05, 4.69) is 10.2 Å². The van der Waals surface area contributed by atoms with Crippen LogP contribution in [-0.4, -0.2) is 36.2 Å². The fourth-order valence-electron chi connectivity index (χ4n) is 2.72. The summed E-state index contributed by atoms with van der Waals surface area (Å²) in [5.41, 5.74) is 1.19. The molecule has 1 aromatic rings. The Balaban J connectivity index is 2.07. The van der Waals surface area contributed by atoms with Gasteiger partial charge in [0.2, 0.25) is 0 Å². The molecule has 0 spiro atoms. The number of benzene rings is 1. The molecule has 1 aliphatic rings. The Hall–Kier alpha value is -1.62. The van der Waals surface area contributed by atoms with Crippen molar-refractivity contribution in [1.82, 2.24) is 4.90 Å². The molecule has 1 fully saturated rings. The number of hydrogen-bond acceptors (Lipinski definition) is 3. The Morgan fingerprint density at radius 3 is 2.62 bits per heavy atom. The van der Waals surface area contributed by atoms with E-state index in [4.69, 9.17) is 17.0 Å². The Morgan fingerprint density at radius 1 is 1.29 bits per heavy atom. The van der Waals surface area contributed by atoms with Gasteiger partial charge in [0, 0.05) is 13.1 Å². The van der Waals surface area contributed by atoms with Crippen molar-refractivity contribution in [1.29, 1.82) is 0 Å². The van der Waals surface area contributed by atoms with Crippen LogP contribution in [0.15, 0.2) is 24.3 Å². The van der Waals surface area contributed by atoms with Crippen LogP contribution in [0.1, 0.15) is 42.5 Å². The maximum absolute atomic E-state index is 11.8. The molecule has 0 saturated heterocycles. The minimum Gasteiger partial charge on any atom is -0.465 e. The number of carbonyl (C=O) groups excluding carboxylic acids is 1. The topological polar surface area (TPSA) is 41.6 Å². The minimum absolute atomic E-state index is 0.360. The lowest BCUT2D eigenvalue weighted by Gasteiger charge is -2.33. The first-order valence-corrected chi connectivity index (χ1v) is 7.75. The number of hydrogen-bond donors (Lipinski definition) is 1. The molecule has 21 heavy (non-hydrogen) atoms. The number of para-hydroxylation sites is 1. The zero-order valence-corrected chi connectivity index (χ0v) is 13.4. The van der Waals surface area contributed by atoms with Crippen molar-refractivity contribution in [2.24, 2.45) is 0 Å². The van der Waals surface area contributed by atoms with E-state index >= 15 is 0 Å². The summed E-state index contributed by atoms with van der Waals surface area (Å²) in [6, 6.07) is 7.75. The number of esters is 1. The molecular weight excluding hydrogens is 284 g/mol. The van der Waals surface area contributed by atoms with Gasteiger partial charge in [0.1, 0.15) is 0 Å². The third-order valence-corrected chi connectivity index (χ3v) is 4.41. The van der Waals surface area contributed by atoms with Gasteiger partial charge in [-0.1, -0.05) is 31.4 Å². The van der Waals surface area contributed by atoms with E-state index < -0.39 is 0 Å². The van der Waals surface area contributed by atoms with Gasteiger partial charge < -0.3 is 15.0 Å². The Bertz CT molecular complexity index is 513. The minimum atomic E-state index is -0.360. The Labute approximate surface area is 131 Å². The first-order valence-electron chi connectivity index (χ1n) is 7.34. The van der Waals surface area contributed by atoms with Gasteiger partial charge in [0.15, 0.2) is 5.11 Å². The van der Waals surface area contributed by atoms with Gasteiger partial charge >= 0.3 is 5.97 Å². The van der Waals surface area contributed by atoms with Gasteiger partial charge in [0.05, 0.1) is 18.4 Å². The van der Waals surface area contributed by atoms with Crippen molar-refractivity contribution in [3.8, 4) is 0 Å². The lowest BCUT2D eigenvalue weighted by molar-refractivity contribution is 0.0602. The number of methoxy groups -OCH3 is 1. The molecule has 0 bridgehead atoms. The molecule has 0 unspecified atom stereocenters. The first-order chi connectivity index (χ1) is 10.1. The highest BCUT2D eigenvalue weighted by Gasteiger charge is 2.21. The quantitative estimate of drug-likeness (QED) is 0.684. The molecule has 2 rings (SSSR count). The van der Waals surface area contributed by atoms with Crippen LogP contribution in [0.2, 0.25) is 0 Å². The number of thiocarbonyl (C=S) groups is 1. The van der Waals surface area contributed by atoms with Crippen molar-refractivity contribution >= 4 is 29.0 Å². The van der Waals surface area contributed by atoms with E-state index in [0.717, 1.165) is 0 Å². The Kier molecular flexibility index (Phi) is 5.56. The average molecular weight is 306 g/mol. The summed E-state index contributed by atoms with van der Waals surface area (Å²) in [6.45, 7) is 0. The van der Waals surface area contributed by atoms with E-state index in [9.17, 15) is 4.79 Å². The van der Waals surface area contributed by atoms with E-state index in [-0.39, 0.29) is 5.97 Å². The van der Waals surface area contributed by atoms with Gasteiger partial charge in [-0.25, -0.2) is 4.79 Å². The number of rotatable bonds is 3. The standard InChI is InChI=1S/C16H22N2O2S/c1-18(12-8-4-3-5-9-12)16(21)17-14-11-7-6-10-13(14)15(19)20-2/h6-7,10-12H,3-5,8-9H2,1-2H3,(H,17,21). The van der Waals surface area contributed by atoms with Crippen LogP contribution in [0, 0.1) is 0 Å². The Morgan fingerprint density at radius 2 is 1.95 bits per heavy atom. The van der Waals surface area contributed by atoms with Crippen LogP contribution in [0.5, 0.6) is 0 Å². The van der Waals surface area contributed by atoms with E-state index in [1.54, 1.807) is 6.07 Å². The normalized spacial score (nSPS) is 15.3. The SMILES string of the molecule is COC(=O)c1ccccc1NC(=S)N(C)C1CCCCC1. The second kappa shape index (κ2) is 7.41. The summed E-state index contributed by atoms with van der Waals surface area (Å²) in [7, 11) is 3.40. The molecule has 1 N–H and O–H groups in total. The van der Waals surface area contributed by atoms with Crippen LogP contribution < -0.4 is 5.32 Å². The van der Waals surface area contributed by atoms with Crippen molar-refractivity contribution in [2.75, 3.05) is 19.5 Å². The zero-order valence-electron chi connectivity index (χ0n) is 12.6. The predicted molar refractivity (Wildman–Crippen MR) is 88.6 cm³/mol. The summed E-state index contributed by atoms with van der Waals surface area (Å²) in [4.78, 5) is 13.9. The molecule has 114 valence electrons. The van der Waals surface area contributed by atoms with Gasteiger partial charge in [-0.2, -0.15) is 0 Å².